The molecule has 17 heavy (non-hydrogen) atoms. The zero-order valence-electron chi connectivity index (χ0n) is 10.6. The van der Waals surface area contributed by atoms with Crippen molar-refractivity contribution in [3.63, 3.8) is 0 Å². The van der Waals surface area contributed by atoms with Crippen molar-refractivity contribution in [2.24, 2.45) is 0 Å². The second-order valence-corrected chi connectivity index (χ2v) is 4.82. The smallest absolute Gasteiger partial charge is 0.337 e. The zero-order chi connectivity index (χ0) is 12.6. The minimum atomic E-state index is -0.843. The molecule has 0 aromatic carbocycles. The highest BCUT2D eigenvalue weighted by molar-refractivity contribution is 5.89. The molecule has 0 aliphatic carbocycles. The van der Waals surface area contributed by atoms with E-state index < -0.39 is 5.97 Å². The first-order valence-corrected chi connectivity index (χ1v) is 6.04. The summed E-state index contributed by atoms with van der Waals surface area (Å²) in [5.74, 6) is -0.843. The lowest BCUT2D eigenvalue weighted by Crippen LogP contribution is -2.26. The summed E-state index contributed by atoms with van der Waals surface area (Å²) in [6.45, 7) is 6.68. The Hall–Kier alpha value is -1.29. The molecule has 2 unspecified atom stereocenters. The predicted octanol–water partition coefficient (Wildman–Crippen LogP) is 2.54. The fourth-order valence-electron chi connectivity index (χ4n) is 2.76. The van der Waals surface area contributed by atoms with Gasteiger partial charge in [-0.3, -0.25) is 0 Å². The molecule has 1 saturated heterocycles. The Bertz CT molecular complexity index is 436. The van der Waals surface area contributed by atoms with Crippen molar-refractivity contribution in [2.45, 2.75) is 45.8 Å². The maximum atomic E-state index is 11.1. The Morgan fingerprint density at radius 1 is 1.53 bits per heavy atom. The lowest BCUT2D eigenvalue weighted by Gasteiger charge is -2.30. The number of rotatable bonds is 2. The number of aryl methyl sites for hydroxylation is 1. The van der Waals surface area contributed by atoms with Gasteiger partial charge in [0.15, 0.2) is 0 Å². The second-order valence-electron chi connectivity index (χ2n) is 4.82. The van der Waals surface area contributed by atoms with E-state index in [1.54, 1.807) is 6.07 Å². The molecule has 94 valence electrons. The van der Waals surface area contributed by atoms with Gasteiger partial charge in [-0.15, -0.1) is 0 Å². The van der Waals surface area contributed by atoms with E-state index in [-0.39, 0.29) is 6.10 Å². The number of ether oxygens (including phenoxy) is 1. The molecule has 1 aromatic heterocycles. The van der Waals surface area contributed by atoms with Gasteiger partial charge in [0.1, 0.15) is 0 Å². The van der Waals surface area contributed by atoms with E-state index in [9.17, 15) is 4.79 Å². The van der Waals surface area contributed by atoms with Crippen LogP contribution in [0.3, 0.4) is 0 Å². The highest BCUT2D eigenvalue weighted by Crippen LogP contribution is 2.29. The Labute approximate surface area is 101 Å². The van der Waals surface area contributed by atoms with Gasteiger partial charge in [-0.2, -0.15) is 0 Å². The molecule has 1 aliphatic rings. The summed E-state index contributed by atoms with van der Waals surface area (Å²) in [6, 6.07) is 2.13. The Morgan fingerprint density at radius 2 is 2.24 bits per heavy atom. The predicted molar refractivity (Wildman–Crippen MR) is 64.6 cm³/mol. The number of nitrogens with zero attached hydrogens (tertiary/aromatic N) is 1. The van der Waals surface area contributed by atoms with Crippen LogP contribution in [0.15, 0.2) is 6.07 Å². The first kappa shape index (κ1) is 12.2. The summed E-state index contributed by atoms with van der Waals surface area (Å²) >= 11 is 0. The van der Waals surface area contributed by atoms with Crippen molar-refractivity contribution in [1.29, 1.82) is 0 Å². The maximum absolute atomic E-state index is 11.1. The van der Waals surface area contributed by atoms with Crippen LogP contribution in [0.4, 0.5) is 0 Å². The van der Waals surface area contributed by atoms with E-state index in [0.29, 0.717) is 11.6 Å². The van der Waals surface area contributed by atoms with Crippen LogP contribution in [-0.2, 0) is 4.74 Å². The molecule has 1 N–H and O–H groups in total. The van der Waals surface area contributed by atoms with Crippen LogP contribution >= 0.6 is 0 Å². The van der Waals surface area contributed by atoms with E-state index in [1.807, 2.05) is 13.8 Å². The van der Waals surface area contributed by atoms with Crippen LogP contribution in [0.5, 0.6) is 0 Å². The van der Waals surface area contributed by atoms with Gasteiger partial charge >= 0.3 is 5.97 Å². The average Bonchev–Trinajstić information content (AvgIpc) is 2.54. The van der Waals surface area contributed by atoms with Gasteiger partial charge in [0.05, 0.1) is 11.7 Å². The number of carbonyl (C=O) groups is 1. The molecule has 2 atom stereocenters. The average molecular weight is 237 g/mol. The lowest BCUT2D eigenvalue weighted by atomic mass is 10.0. The molecule has 2 heterocycles. The third-order valence-electron chi connectivity index (χ3n) is 3.54. The molecule has 0 radical (unpaired) electrons. The minimum absolute atomic E-state index is 0.253. The van der Waals surface area contributed by atoms with Crippen LogP contribution in [0, 0.1) is 13.8 Å². The van der Waals surface area contributed by atoms with Crippen LogP contribution in [0.25, 0.3) is 0 Å². The molecule has 0 spiro atoms. The maximum Gasteiger partial charge on any atom is 0.337 e. The molecule has 4 heteroatoms. The van der Waals surface area contributed by atoms with Gasteiger partial charge in [0, 0.05) is 24.0 Å². The summed E-state index contributed by atoms with van der Waals surface area (Å²) < 4.78 is 7.69. The van der Waals surface area contributed by atoms with Crippen molar-refractivity contribution >= 4 is 5.97 Å². The highest BCUT2D eigenvalue weighted by atomic mass is 16.5. The van der Waals surface area contributed by atoms with Gasteiger partial charge in [-0.1, -0.05) is 0 Å². The summed E-state index contributed by atoms with van der Waals surface area (Å²) in [7, 11) is 0. The molecule has 0 bridgehead atoms. The summed E-state index contributed by atoms with van der Waals surface area (Å²) in [5, 5.41) is 9.12. The van der Waals surface area contributed by atoms with E-state index in [2.05, 4.69) is 11.5 Å². The third-order valence-corrected chi connectivity index (χ3v) is 3.54. The van der Waals surface area contributed by atoms with Gasteiger partial charge in [-0.05, 0) is 39.7 Å². The Morgan fingerprint density at radius 3 is 2.76 bits per heavy atom. The van der Waals surface area contributed by atoms with Crippen LogP contribution < -0.4 is 0 Å². The van der Waals surface area contributed by atoms with E-state index in [4.69, 9.17) is 9.84 Å². The van der Waals surface area contributed by atoms with Gasteiger partial charge in [0.2, 0.25) is 0 Å². The fourth-order valence-corrected chi connectivity index (χ4v) is 2.76. The van der Waals surface area contributed by atoms with Gasteiger partial charge < -0.3 is 14.4 Å². The first-order valence-electron chi connectivity index (χ1n) is 6.04. The van der Waals surface area contributed by atoms with E-state index in [1.165, 1.54) is 0 Å². The molecule has 1 fully saturated rings. The molecule has 0 amide bonds. The van der Waals surface area contributed by atoms with E-state index in [0.717, 1.165) is 30.8 Å². The number of carboxylic acids is 1. The van der Waals surface area contributed by atoms with Crippen molar-refractivity contribution in [2.75, 3.05) is 6.61 Å². The standard InChI is InChI=1S/C13H19NO3/c1-8-6-12(13(15)16)10(3)14(8)11-4-5-17-9(2)7-11/h6,9,11H,4-5,7H2,1-3H3,(H,15,16). The number of aromatic nitrogens is 1. The summed E-state index contributed by atoms with van der Waals surface area (Å²) in [4.78, 5) is 11.1. The summed E-state index contributed by atoms with van der Waals surface area (Å²) in [6.07, 6.45) is 2.16. The minimum Gasteiger partial charge on any atom is -0.478 e. The first-order chi connectivity index (χ1) is 8.00. The quantitative estimate of drug-likeness (QED) is 0.860. The molecule has 1 aromatic rings. The van der Waals surface area contributed by atoms with E-state index >= 15 is 0 Å². The zero-order valence-corrected chi connectivity index (χ0v) is 10.6. The molecule has 1 aliphatic heterocycles. The number of carboxylic acid groups (broad SMARTS) is 1. The fraction of sp³-hybridized carbons (Fsp3) is 0.615. The van der Waals surface area contributed by atoms with Crippen LogP contribution in [0.2, 0.25) is 0 Å². The summed E-state index contributed by atoms with van der Waals surface area (Å²) in [5.41, 5.74) is 2.30. The van der Waals surface area contributed by atoms with Crippen molar-refractivity contribution in [3.8, 4) is 0 Å². The van der Waals surface area contributed by atoms with Gasteiger partial charge in [-0.25, -0.2) is 4.79 Å². The lowest BCUT2D eigenvalue weighted by molar-refractivity contribution is 0.00533. The normalized spacial score (nSPS) is 24.9. The SMILES string of the molecule is Cc1cc(C(=O)O)c(C)n1C1CCOC(C)C1. The van der Waals surface area contributed by atoms with Crippen molar-refractivity contribution < 1.29 is 14.6 Å². The number of aromatic carboxylic acids is 1. The Kier molecular flexibility index (Phi) is 3.24. The molecule has 0 saturated carbocycles. The largest absolute Gasteiger partial charge is 0.478 e. The molecular weight excluding hydrogens is 218 g/mol. The highest BCUT2D eigenvalue weighted by Gasteiger charge is 2.25. The topological polar surface area (TPSA) is 51.5 Å². The number of hydrogen-bond donors (Lipinski definition) is 1. The number of hydrogen-bond acceptors (Lipinski definition) is 2. The Balaban J connectivity index is 2.34. The molecule has 4 nitrogen and oxygen atoms in total. The van der Waals surface area contributed by atoms with Crippen LogP contribution in [-0.4, -0.2) is 28.4 Å². The second kappa shape index (κ2) is 4.53. The monoisotopic (exact) mass is 237 g/mol. The molecule has 2 rings (SSSR count). The van der Waals surface area contributed by atoms with Gasteiger partial charge in [0.25, 0.3) is 0 Å². The van der Waals surface area contributed by atoms with Crippen molar-refractivity contribution in [3.05, 3.63) is 23.0 Å². The van der Waals surface area contributed by atoms with Crippen molar-refractivity contribution in [1.82, 2.24) is 4.57 Å². The molecular formula is C13H19NO3. The third kappa shape index (κ3) is 2.22. The van der Waals surface area contributed by atoms with Crippen LogP contribution in [0.1, 0.15) is 47.6 Å².